The van der Waals surface area contributed by atoms with Crippen molar-refractivity contribution < 1.29 is 9.90 Å². The lowest BCUT2D eigenvalue weighted by Gasteiger charge is -2.06. The summed E-state index contributed by atoms with van der Waals surface area (Å²) >= 11 is 1.51. The number of carboxylic acid groups (broad SMARTS) is 1. The van der Waals surface area contributed by atoms with Gasteiger partial charge in [-0.1, -0.05) is 6.08 Å². The first-order valence-corrected chi connectivity index (χ1v) is 4.55. The van der Waals surface area contributed by atoms with E-state index in [9.17, 15) is 4.79 Å². The van der Waals surface area contributed by atoms with Gasteiger partial charge in [0.1, 0.15) is 0 Å². The Kier molecular flexibility index (Phi) is 3.05. The molecule has 0 unspecified atom stereocenters. The SMILES string of the molecule is C=CC[C@H](C(=O)O)c1ccsc1. The summed E-state index contributed by atoms with van der Waals surface area (Å²) in [7, 11) is 0. The molecule has 0 radical (unpaired) electrons. The second-order valence-electron chi connectivity index (χ2n) is 2.47. The molecule has 0 amide bonds. The molecule has 0 aliphatic carbocycles. The van der Waals surface area contributed by atoms with Gasteiger partial charge in [-0.3, -0.25) is 4.79 Å². The maximum absolute atomic E-state index is 10.7. The smallest absolute Gasteiger partial charge is 0.311 e. The van der Waals surface area contributed by atoms with Crippen molar-refractivity contribution in [3.63, 3.8) is 0 Å². The van der Waals surface area contributed by atoms with Crippen molar-refractivity contribution in [2.24, 2.45) is 0 Å². The van der Waals surface area contributed by atoms with Gasteiger partial charge in [0.15, 0.2) is 0 Å². The highest BCUT2D eigenvalue weighted by molar-refractivity contribution is 7.08. The molecule has 0 aromatic carbocycles. The van der Waals surface area contributed by atoms with Gasteiger partial charge in [-0.05, 0) is 28.8 Å². The first-order chi connectivity index (χ1) is 5.75. The van der Waals surface area contributed by atoms with Crippen LogP contribution in [0.15, 0.2) is 29.5 Å². The normalized spacial score (nSPS) is 12.3. The minimum Gasteiger partial charge on any atom is -0.481 e. The van der Waals surface area contributed by atoms with E-state index in [2.05, 4.69) is 6.58 Å². The molecule has 1 aromatic heterocycles. The van der Waals surface area contributed by atoms with Crippen LogP contribution in [0.4, 0.5) is 0 Å². The minimum atomic E-state index is -0.784. The Balaban J connectivity index is 2.80. The third-order valence-electron chi connectivity index (χ3n) is 1.65. The van der Waals surface area contributed by atoms with Crippen LogP contribution in [0.3, 0.4) is 0 Å². The van der Waals surface area contributed by atoms with Gasteiger partial charge in [-0.15, -0.1) is 6.58 Å². The number of hydrogen-bond acceptors (Lipinski definition) is 2. The summed E-state index contributed by atoms with van der Waals surface area (Å²) < 4.78 is 0. The Morgan fingerprint density at radius 2 is 2.58 bits per heavy atom. The molecule has 1 N–H and O–H groups in total. The Hall–Kier alpha value is -1.09. The van der Waals surface area contributed by atoms with Crippen LogP contribution in [-0.2, 0) is 4.79 Å². The molecular formula is C9H10O2S. The second kappa shape index (κ2) is 4.07. The lowest BCUT2D eigenvalue weighted by atomic mass is 9.99. The number of aliphatic carboxylic acids is 1. The molecule has 1 atom stereocenters. The minimum absolute atomic E-state index is 0.422. The second-order valence-corrected chi connectivity index (χ2v) is 3.25. The first-order valence-electron chi connectivity index (χ1n) is 3.61. The summed E-state index contributed by atoms with van der Waals surface area (Å²) in [6.07, 6.45) is 2.13. The van der Waals surface area contributed by atoms with Gasteiger partial charge in [0.05, 0.1) is 5.92 Å². The number of carboxylic acids is 1. The molecule has 3 heteroatoms. The molecule has 0 aliphatic rings. The van der Waals surface area contributed by atoms with Crippen molar-refractivity contribution in [2.75, 3.05) is 0 Å². The monoisotopic (exact) mass is 182 g/mol. The molecule has 2 nitrogen and oxygen atoms in total. The molecule has 12 heavy (non-hydrogen) atoms. The summed E-state index contributed by atoms with van der Waals surface area (Å²) in [5.41, 5.74) is 0.868. The summed E-state index contributed by atoms with van der Waals surface area (Å²) in [6, 6.07) is 1.84. The van der Waals surface area contributed by atoms with Gasteiger partial charge >= 0.3 is 5.97 Å². The molecule has 1 aromatic rings. The highest BCUT2D eigenvalue weighted by atomic mass is 32.1. The number of carbonyl (C=O) groups is 1. The van der Waals surface area contributed by atoms with E-state index in [0.717, 1.165) is 5.56 Å². The average Bonchev–Trinajstić information content (AvgIpc) is 2.51. The van der Waals surface area contributed by atoms with Crippen LogP contribution in [0.5, 0.6) is 0 Å². The molecule has 0 aliphatic heterocycles. The van der Waals surface area contributed by atoms with Gasteiger partial charge in [-0.2, -0.15) is 11.3 Å². The zero-order valence-electron chi connectivity index (χ0n) is 6.56. The quantitative estimate of drug-likeness (QED) is 0.726. The summed E-state index contributed by atoms with van der Waals surface area (Å²) in [4.78, 5) is 10.7. The van der Waals surface area contributed by atoms with Crippen molar-refractivity contribution in [1.29, 1.82) is 0 Å². The fourth-order valence-electron chi connectivity index (χ4n) is 1.02. The zero-order chi connectivity index (χ0) is 8.97. The van der Waals surface area contributed by atoms with Crippen molar-refractivity contribution >= 4 is 17.3 Å². The fourth-order valence-corrected chi connectivity index (χ4v) is 1.73. The number of hydrogen-bond donors (Lipinski definition) is 1. The zero-order valence-corrected chi connectivity index (χ0v) is 7.38. The topological polar surface area (TPSA) is 37.3 Å². The van der Waals surface area contributed by atoms with Crippen LogP contribution < -0.4 is 0 Å². The van der Waals surface area contributed by atoms with Crippen LogP contribution in [0, 0.1) is 0 Å². The molecule has 0 bridgehead atoms. The van der Waals surface area contributed by atoms with Crippen molar-refractivity contribution in [3.8, 4) is 0 Å². The van der Waals surface area contributed by atoms with E-state index in [1.807, 2.05) is 16.8 Å². The standard InChI is InChI=1S/C9H10O2S/c1-2-3-8(9(10)11)7-4-5-12-6-7/h2,4-6,8H,1,3H2,(H,10,11)/t8-/m0/s1. The summed E-state index contributed by atoms with van der Waals surface area (Å²) in [5, 5.41) is 12.6. The Bertz CT molecular complexity index is 264. The van der Waals surface area contributed by atoms with E-state index in [4.69, 9.17) is 5.11 Å². The van der Waals surface area contributed by atoms with E-state index in [-0.39, 0.29) is 0 Å². The maximum atomic E-state index is 10.7. The van der Waals surface area contributed by atoms with Crippen LogP contribution in [0.25, 0.3) is 0 Å². The van der Waals surface area contributed by atoms with Gasteiger partial charge in [0, 0.05) is 0 Å². The van der Waals surface area contributed by atoms with Gasteiger partial charge in [-0.25, -0.2) is 0 Å². The van der Waals surface area contributed by atoms with Gasteiger partial charge in [0.2, 0.25) is 0 Å². The molecule has 0 saturated carbocycles. The van der Waals surface area contributed by atoms with Crippen LogP contribution in [0.2, 0.25) is 0 Å². The highest BCUT2D eigenvalue weighted by Crippen LogP contribution is 2.22. The molecular weight excluding hydrogens is 172 g/mol. The van der Waals surface area contributed by atoms with Crippen molar-refractivity contribution in [1.82, 2.24) is 0 Å². The molecule has 0 fully saturated rings. The Labute approximate surface area is 75.2 Å². The fraction of sp³-hybridized carbons (Fsp3) is 0.222. The van der Waals surface area contributed by atoms with E-state index in [1.165, 1.54) is 11.3 Å². The van der Waals surface area contributed by atoms with Crippen LogP contribution >= 0.6 is 11.3 Å². The molecule has 1 rings (SSSR count). The molecule has 0 saturated heterocycles. The maximum Gasteiger partial charge on any atom is 0.311 e. The van der Waals surface area contributed by atoms with Gasteiger partial charge < -0.3 is 5.11 Å². The van der Waals surface area contributed by atoms with Crippen molar-refractivity contribution in [3.05, 3.63) is 35.0 Å². The third kappa shape index (κ3) is 1.95. The Morgan fingerprint density at radius 1 is 1.83 bits per heavy atom. The van der Waals surface area contributed by atoms with E-state index < -0.39 is 11.9 Å². The third-order valence-corrected chi connectivity index (χ3v) is 2.35. The van der Waals surface area contributed by atoms with E-state index in [1.54, 1.807) is 6.08 Å². The van der Waals surface area contributed by atoms with E-state index >= 15 is 0 Å². The predicted molar refractivity (Wildman–Crippen MR) is 49.5 cm³/mol. The van der Waals surface area contributed by atoms with Crippen molar-refractivity contribution in [2.45, 2.75) is 12.3 Å². The predicted octanol–water partition coefficient (Wildman–Crippen LogP) is 2.49. The summed E-state index contributed by atoms with van der Waals surface area (Å²) in [6.45, 7) is 3.53. The van der Waals surface area contributed by atoms with Crippen LogP contribution in [0.1, 0.15) is 17.9 Å². The molecule has 64 valence electrons. The first kappa shape index (κ1) is 9.00. The molecule has 1 heterocycles. The lowest BCUT2D eigenvalue weighted by molar-refractivity contribution is -0.138. The average molecular weight is 182 g/mol. The van der Waals surface area contributed by atoms with E-state index in [0.29, 0.717) is 6.42 Å². The van der Waals surface area contributed by atoms with Gasteiger partial charge in [0.25, 0.3) is 0 Å². The number of allylic oxidation sites excluding steroid dienone is 1. The summed E-state index contributed by atoms with van der Waals surface area (Å²) in [5.74, 6) is -1.21. The Morgan fingerprint density at radius 3 is 3.00 bits per heavy atom. The highest BCUT2D eigenvalue weighted by Gasteiger charge is 2.17. The lowest BCUT2D eigenvalue weighted by Crippen LogP contribution is -2.09. The van der Waals surface area contributed by atoms with Crippen LogP contribution in [-0.4, -0.2) is 11.1 Å². The molecule has 0 spiro atoms. The number of thiophene rings is 1. The largest absolute Gasteiger partial charge is 0.481 e. The number of rotatable bonds is 4.